The van der Waals surface area contributed by atoms with E-state index in [9.17, 15) is 13.2 Å². The van der Waals surface area contributed by atoms with Crippen molar-refractivity contribution in [1.29, 1.82) is 0 Å². The van der Waals surface area contributed by atoms with Gasteiger partial charge in [-0.2, -0.15) is 13.2 Å². The fourth-order valence-electron chi connectivity index (χ4n) is 1.27. The molecule has 2 N–H and O–H groups in total. The van der Waals surface area contributed by atoms with Crippen LogP contribution in [0.1, 0.15) is 17.2 Å². The van der Waals surface area contributed by atoms with Crippen LogP contribution in [0.5, 0.6) is 5.88 Å². The highest BCUT2D eigenvalue weighted by atomic mass is 19.4. The number of hydrogen-bond donors (Lipinski definition) is 1. The van der Waals surface area contributed by atoms with Crippen LogP contribution >= 0.6 is 0 Å². The van der Waals surface area contributed by atoms with Gasteiger partial charge in [-0.1, -0.05) is 0 Å². The Kier molecular flexibility index (Phi) is 1.88. The van der Waals surface area contributed by atoms with Crippen molar-refractivity contribution in [3.63, 3.8) is 0 Å². The molecule has 76 valence electrons. The Bertz CT molecular complexity index is 364. The Labute approximate surface area is 77.7 Å². The number of alkyl halides is 3. The number of rotatable bonds is 0. The van der Waals surface area contributed by atoms with Gasteiger partial charge in [0.05, 0.1) is 11.6 Å². The molecule has 0 aromatic carbocycles. The van der Waals surface area contributed by atoms with Crippen molar-refractivity contribution in [3.8, 4) is 5.88 Å². The van der Waals surface area contributed by atoms with E-state index in [0.29, 0.717) is 5.56 Å². The molecule has 1 aromatic heterocycles. The summed E-state index contributed by atoms with van der Waals surface area (Å²) in [4.78, 5) is 3.55. The first-order valence-corrected chi connectivity index (χ1v) is 3.94. The first-order chi connectivity index (χ1) is 6.48. The largest absolute Gasteiger partial charge is 0.475 e. The Balaban J connectivity index is 2.45. The number of pyridine rings is 1. The average molecular weight is 204 g/mol. The van der Waals surface area contributed by atoms with Gasteiger partial charge in [-0.15, -0.1) is 0 Å². The third kappa shape index (κ3) is 1.41. The monoisotopic (exact) mass is 204 g/mol. The molecule has 2 heterocycles. The first-order valence-electron chi connectivity index (χ1n) is 3.94. The van der Waals surface area contributed by atoms with Crippen molar-refractivity contribution in [2.45, 2.75) is 12.2 Å². The second-order valence-electron chi connectivity index (χ2n) is 3.03. The Morgan fingerprint density at radius 3 is 2.86 bits per heavy atom. The van der Waals surface area contributed by atoms with Crippen molar-refractivity contribution < 1.29 is 17.9 Å². The van der Waals surface area contributed by atoms with E-state index in [4.69, 9.17) is 10.5 Å². The number of fused-ring (bicyclic) bond motifs is 1. The van der Waals surface area contributed by atoms with Gasteiger partial charge in [-0.05, 0) is 6.07 Å². The highest BCUT2D eigenvalue weighted by Crippen LogP contribution is 2.35. The number of aromatic nitrogens is 1. The summed E-state index contributed by atoms with van der Waals surface area (Å²) in [6, 6.07) is 0.472. The van der Waals surface area contributed by atoms with Gasteiger partial charge in [0.1, 0.15) is 6.61 Å². The lowest BCUT2D eigenvalue weighted by molar-refractivity contribution is -0.137. The summed E-state index contributed by atoms with van der Waals surface area (Å²) in [5, 5.41) is 0. The van der Waals surface area contributed by atoms with E-state index in [1.54, 1.807) is 0 Å². The quantitative estimate of drug-likeness (QED) is 0.696. The molecule has 6 heteroatoms. The Hall–Kier alpha value is -1.30. The average Bonchev–Trinajstić information content (AvgIpc) is 2.46. The van der Waals surface area contributed by atoms with Crippen LogP contribution in [0.15, 0.2) is 12.3 Å². The molecule has 0 bridgehead atoms. The Morgan fingerprint density at radius 2 is 2.21 bits per heavy atom. The molecule has 2 rings (SSSR count). The number of nitrogens with zero attached hydrogens (tertiary/aromatic N) is 1. The fraction of sp³-hybridized carbons (Fsp3) is 0.375. The van der Waals surface area contributed by atoms with E-state index < -0.39 is 17.8 Å². The lowest BCUT2D eigenvalue weighted by Gasteiger charge is -2.07. The van der Waals surface area contributed by atoms with E-state index in [1.807, 2.05) is 0 Å². The molecule has 0 aliphatic carbocycles. The number of ether oxygens (including phenoxy) is 1. The molecule has 0 saturated carbocycles. The summed E-state index contributed by atoms with van der Waals surface area (Å²) in [5.41, 5.74) is 5.05. The second-order valence-corrected chi connectivity index (χ2v) is 3.03. The van der Waals surface area contributed by atoms with Gasteiger partial charge in [0.25, 0.3) is 0 Å². The molecule has 1 aliphatic heterocycles. The molecule has 0 radical (unpaired) electrons. The van der Waals surface area contributed by atoms with Gasteiger partial charge in [0, 0.05) is 11.8 Å². The van der Waals surface area contributed by atoms with E-state index in [2.05, 4.69) is 4.98 Å². The molecule has 0 fully saturated rings. The van der Waals surface area contributed by atoms with Crippen LogP contribution in [0.3, 0.4) is 0 Å². The van der Waals surface area contributed by atoms with Crippen molar-refractivity contribution in [2.24, 2.45) is 5.73 Å². The zero-order valence-electron chi connectivity index (χ0n) is 7.01. The summed E-state index contributed by atoms with van der Waals surface area (Å²) in [6.45, 7) is 0.184. The Morgan fingerprint density at radius 1 is 1.50 bits per heavy atom. The summed E-state index contributed by atoms with van der Waals surface area (Å²) in [6.07, 6.45) is -3.64. The van der Waals surface area contributed by atoms with Crippen LogP contribution in [0.4, 0.5) is 13.2 Å². The van der Waals surface area contributed by atoms with Gasteiger partial charge in [-0.25, -0.2) is 4.98 Å². The molecule has 1 unspecified atom stereocenters. The number of nitrogens with two attached hydrogens (primary N) is 1. The van der Waals surface area contributed by atoms with E-state index in [0.717, 1.165) is 12.3 Å². The second kappa shape index (κ2) is 2.84. The van der Waals surface area contributed by atoms with E-state index in [1.165, 1.54) is 0 Å². The van der Waals surface area contributed by atoms with Crippen LogP contribution in [-0.2, 0) is 6.18 Å². The van der Waals surface area contributed by atoms with Crippen LogP contribution in [0.2, 0.25) is 0 Å². The molecule has 1 aromatic rings. The molecule has 0 amide bonds. The molecule has 3 nitrogen and oxygen atoms in total. The summed E-state index contributed by atoms with van der Waals surface area (Å²) in [7, 11) is 0. The zero-order chi connectivity index (χ0) is 10.3. The highest BCUT2D eigenvalue weighted by molar-refractivity contribution is 5.36. The lowest BCUT2D eigenvalue weighted by atomic mass is 10.1. The molecule has 1 aliphatic rings. The molecular formula is C8H7F3N2O. The molecule has 0 spiro atoms. The topological polar surface area (TPSA) is 48.1 Å². The van der Waals surface area contributed by atoms with E-state index in [-0.39, 0.29) is 12.5 Å². The maximum atomic E-state index is 12.3. The third-order valence-corrected chi connectivity index (χ3v) is 2.01. The molecule has 0 saturated heterocycles. The maximum absolute atomic E-state index is 12.3. The van der Waals surface area contributed by atoms with Crippen molar-refractivity contribution >= 4 is 0 Å². The van der Waals surface area contributed by atoms with Gasteiger partial charge < -0.3 is 10.5 Å². The first kappa shape index (κ1) is 9.26. The van der Waals surface area contributed by atoms with Crippen LogP contribution in [0.25, 0.3) is 0 Å². The number of halogens is 3. The molecular weight excluding hydrogens is 197 g/mol. The lowest BCUT2D eigenvalue weighted by Crippen LogP contribution is -2.12. The van der Waals surface area contributed by atoms with Crippen molar-refractivity contribution in [2.75, 3.05) is 6.61 Å². The smallest absolute Gasteiger partial charge is 0.417 e. The minimum Gasteiger partial charge on any atom is -0.475 e. The normalized spacial score (nSPS) is 20.4. The zero-order valence-corrected chi connectivity index (χ0v) is 7.01. The standard InChI is InChI=1S/C8H7F3N2O/c9-8(10,11)4-1-5-6(12)3-14-7(5)13-2-4/h1-2,6H,3,12H2. The third-order valence-electron chi connectivity index (χ3n) is 2.01. The summed E-state index contributed by atoms with van der Waals surface area (Å²) < 4.78 is 41.8. The van der Waals surface area contributed by atoms with E-state index >= 15 is 0 Å². The number of hydrogen-bond acceptors (Lipinski definition) is 3. The minimum absolute atomic E-state index is 0.184. The maximum Gasteiger partial charge on any atom is 0.417 e. The SMILES string of the molecule is NC1COc2ncc(C(F)(F)F)cc21. The predicted molar refractivity (Wildman–Crippen MR) is 41.7 cm³/mol. The van der Waals surface area contributed by atoms with Gasteiger partial charge in [-0.3, -0.25) is 0 Å². The molecule has 14 heavy (non-hydrogen) atoms. The summed E-state index contributed by atoms with van der Waals surface area (Å²) >= 11 is 0. The van der Waals surface area contributed by atoms with Crippen molar-refractivity contribution in [3.05, 3.63) is 23.4 Å². The van der Waals surface area contributed by atoms with Crippen LogP contribution < -0.4 is 10.5 Å². The van der Waals surface area contributed by atoms with Gasteiger partial charge >= 0.3 is 6.18 Å². The van der Waals surface area contributed by atoms with Gasteiger partial charge in [0.2, 0.25) is 5.88 Å². The highest BCUT2D eigenvalue weighted by Gasteiger charge is 2.33. The fourth-order valence-corrected chi connectivity index (χ4v) is 1.27. The minimum atomic E-state index is -4.38. The predicted octanol–water partition coefficient (Wildman–Crippen LogP) is 1.49. The summed E-state index contributed by atoms with van der Waals surface area (Å²) in [5.74, 6) is 0.200. The van der Waals surface area contributed by atoms with Crippen molar-refractivity contribution in [1.82, 2.24) is 4.98 Å². The van der Waals surface area contributed by atoms with Gasteiger partial charge in [0.15, 0.2) is 0 Å². The van der Waals surface area contributed by atoms with Crippen LogP contribution in [-0.4, -0.2) is 11.6 Å². The molecule has 1 atom stereocenters. The van der Waals surface area contributed by atoms with Crippen LogP contribution in [0, 0.1) is 0 Å².